The minimum absolute atomic E-state index is 0.0589. The normalized spacial score (nSPS) is 19.7. The second-order valence-electron chi connectivity index (χ2n) is 4.64. The Kier molecular flexibility index (Phi) is 3.61. The van der Waals surface area contributed by atoms with Crippen LogP contribution in [-0.2, 0) is 4.79 Å². The number of ether oxygens (including phenoxy) is 1. The molecule has 1 unspecified atom stereocenters. The molecule has 4 heteroatoms. The molecule has 2 rings (SSSR count). The van der Waals surface area contributed by atoms with Crippen LogP contribution >= 0.6 is 0 Å². The third-order valence-electron chi connectivity index (χ3n) is 2.88. The molecule has 92 valence electrons. The molecule has 1 aromatic rings. The maximum Gasteiger partial charge on any atom is 0.225 e. The van der Waals surface area contributed by atoms with Crippen molar-refractivity contribution in [3.05, 3.63) is 24.4 Å². The monoisotopic (exact) mass is 234 g/mol. The predicted molar refractivity (Wildman–Crippen MR) is 64.7 cm³/mol. The van der Waals surface area contributed by atoms with Gasteiger partial charge in [0, 0.05) is 31.1 Å². The second kappa shape index (κ2) is 5.17. The Balaban J connectivity index is 1.88. The first-order valence-corrected chi connectivity index (χ1v) is 6.03. The van der Waals surface area contributed by atoms with Crippen LogP contribution in [0.5, 0.6) is 5.88 Å². The lowest BCUT2D eigenvalue weighted by Crippen LogP contribution is -2.33. The van der Waals surface area contributed by atoms with Gasteiger partial charge < -0.3 is 9.64 Å². The summed E-state index contributed by atoms with van der Waals surface area (Å²) in [6.07, 6.45) is 2.67. The number of amides is 1. The van der Waals surface area contributed by atoms with Gasteiger partial charge in [-0.2, -0.15) is 0 Å². The molecule has 1 atom stereocenters. The Morgan fingerprint density at radius 2 is 2.35 bits per heavy atom. The third-order valence-corrected chi connectivity index (χ3v) is 2.88. The second-order valence-corrected chi connectivity index (χ2v) is 4.64. The van der Waals surface area contributed by atoms with Crippen molar-refractivity contribution < 1.29 is 9.53 Å². The molecule has 0 aliphatic carbocycles. The fourth-order valence-electron chi connectivity index (χ4n) is 1.98. The summed E-state index contributed by atoms with van der Waals surface area (Å²) in [5, 5.41) is 0. The van der Waals surface area contributed by atoms with Crippen LogP contribution < -0.4 is 4.74 Å². The first-order valence-electron chi connectivity index (χ1n) is 6.03. The molecule has 0 bridgehead atoms. The molecular weight excluding hydrogens is 216 g/mol. The molecule has 1 aliphatic rings. The Morgan fingerprint density at radius 1 is 1.53 bits per heavy atom. The average molecular weight is 234 g/mol. The number of rotatable bonds is 3. The summed E-state index contributed by atoms with van der Waals surface area (Å²) < 4.78 is 5.73. The molecule has 0 aromatic carbocycles. The molecule has 2 heterocycles. The predicted octanol–water partition coefficient (Wildman–Crippen LogP) is 1.72. The van der Waals surface area contributed by atoms with Crippen molar-refractivity contribution in [1.29, 1.82) is 0 Å². The fraction of sp³-hybridized carbons (Fsp3) is 0.538. The quantitative estimate of drug-likeness (QED) is 0.799. The molecule has 0 spiro atoms. The summed E-state index contributed by atoms with van der Waals surface area (Å²) in [5.41, 5.74) is 0. The molecule has 1 fully saturated rings. The Morgan fingerprint density at radius 3 is 3.00 bits per heavy atom. The van der Waals surface area contributed by atoms with Crippen molar-refractivity contribution in [3.63, 3.8) is 0 Å². The van der Waals surface area contributed by atoms with E-state index in [4.69, 9.17) is 4.74 Å². The largest absolute Gasteiger partial charge is 0.472 e. The summed E-state index contributed by atoms with van der Waals surface area (Å²) in [5.74, 6) is 0.900. The van der Waals surface area contributed by atoms with E-state index in [0.29, 0.717) is 12.4 Å². The average Bonchev–Trinajstić information content (AvgIpc) is 2.77. The summed E-state index contributed by atoms with van der Waals surface area (Å²) >= 11 is 0. The maximum atomic E-state index is 11.8. The lowest BCUT2D eigenvalue weighted by Gasteiger charge is -2.18. The molecule has 17 heavy (non-hydrogen) atoms. The molecule has 1 saturated heterocycles. The number of pyridine rings is 1. The van der Waals surface area contributed by atoms with Gasteiger partial charge in [0.15, 0.2) is 0 Å². The highest BCUT2D eigenvalue weighted by atomic mass is 16.5. The minimum Gasteiger partial charge on any atom is -0.472 e. The number of nitrogens with zero attached hydrogens (tertiary/aromatic N) is 2. The van der Waals surface area contributed by atoms with Gasteiger partial charge in [0.2, 0.25) is 11.8 Å². The van der Waals surface area contributed by atoms with Gasteiger partial charge in [-0.15, -0.1) is 0 Å². The van der Waals surface area contributed by atoms with E-state index in [1.807, 2.05) is 36.9 Å². The van der Waals surface area contributed by atoms with Gasteiger partial charge >= 0.3 is 0 Å². The van der Waals surface area contributed by atoms with Crippen molar-refractivity contribution in [2.45, 2.75) is 26.4 Å². The number of carbonyl (C=O) groups is 1. The van der Waals surface area contributed by atoms with Crippen molar-refractivity contribution in [2.24, 2.45) is 5.92 Å². The van der Waals surface area contributed by atoms with E-state index in [1.165, 1.54) is 0 Å². The van der Waals surface area contributed by atoms with E-state index >= 15 is 0 Å². The number of hydrogen-bond donors (Lipinski definition) is 0. The van der Waals surface area contributed by atoms with Gasteiger partial charge in [-0.25, -0.2) is 4.98 Å². The van der Waals surface area contributed by atoms with Gasteiger partial charge in [-0.1, -0.05) is 19.9 Å². The van der Waals surface area contributed by atoms with Crippen LogP contribution in [0.4, 0.5) is 0 Å². The summed E-state index contributed by atoms with van der Waals surface area (Å²) in [6, 6.07) is 5.59. The van der Waals surface area contributed by atoms with Crippen molar-refractivity contribution in [3.8, 4) is 5.88 Å². The van der Waals surface area contributed by atoms with E-state index in [9.17, 15) is 4.79 Å². The van der Waals surface area contributed by atoms with Crippen LogP contribution in [0.1, 0.15) is 20.3 Å². The standard InChI is InChI=1S/C13H18N2O2/c1-10(2)13(16)15-8-6-11(9-15)17-12-5-3-4-7-14-12/h3-5,7,10-11H,6,8-9H2,1-2H3. The van der Waals surface area contributed by atoms with E-state index in [0.717, 1.165) is 13.0 Å². The molecule has 0 saturated carbocycles. The van der Waals surface area contributed by atoms with Gasteiger partial charge in [0.1, 0.15) is 6.10 Å². The highest BCUT2D eigenvalue weighted by molar-refractivity contribution is 5.78. The molecule has 1 aliphatic heterocycles. The Bertz CT molecular complexity index is 378. The zero-order valence-corrected chi connectivity index (χ0v) is 10.3. The van der Waals surface area contributed by atoms with Crippen LogP contribution in [0, 0.1) is 5.92 Å². The molecule has 0 radical (unpaired) electrons. The summed E-state index contributed by atoms with van der Waals surface area (Å²) in [6.45, 7) is 5.31. The van der Waals surface area contributed by atoms with E-state index in [1.54, 1.807) is 6.20 Å². The first kappa shape index (κ1) is 11.9. The molecule has 4 nitrogen and oxygen atoms in total. The summed E-state index contributed by atoms with van der Waals surface area (Å²) in [7, 11) is 0. The van der Waals surface area contributed by atoms with Crippen molar-refractivity contribution in [1.82, 2.24) is 9.88 Å². The fourth-order valence-corrected chi connectivity index (χ4v) is 1.98. The highest BCUT2D eigenvalue weighted by Gasteiger charge is 2.28. The van der Waals surface area contributed by atoms with Crippen molar-refractivity contribution >= 4 is 5.91 Å². The highest BCUT2D eigenvalue weighted by Crippen LogP contribution is 2.17. The molecule has 1 aromatic heterocycles. The van der Waals surface area contributed by atoms with Gasteiger partial charge in [0.25, 0.3) is 0 Å². The number of likely N-dealkylation sites (tertiary alicyclic amines) is 1. The minimum atomic E-state index is 0.0589. The van der Waals surface area contributed by atoms with Gasteiger partial charge in [-0.05, 0) is 6.07 Å². The van der Waals surface area contributed by atoms with Gasteiger partial charge in [-0.3, -0.25) is 4.79 Å². The Labute approximate surface area is 102 Å². The number of hydrogen-bond acceptors (Lipinski definition) is 3. The molecule has 1 amide bonds. The SMILES string of the molecule is CC(C)C(=O)N1CCC(Oc2ccccn2)C1. The van der Waals surface area contributed by atoms with Crippen LogP contribution in [-0.4, -0.2) is 35.0 Å². The third kappa shape index (κ3) is 2.96. The van der Waals surface area contributed by atoms with E-state index in [2.05, 4.69) is 4.98 Å². The number of carbonyl (C=O) groups excluding carboxylic acids is 1. The summed E-state index contributed by atoms with van der Waals surface area (Å²) in [4.78, 5) is 17.8. The van der Waals surface area contributed by atoms with Crippen LogP contribution in [0.25, 0.3) is 0 Å². The van der Waals surface area contributed by atoms with Crippen LogP contribution in [0.3, 0.4) is 0 Å². The maximum absolute atomic E-state index is 11.8. The topological polar surface area (TPSA) is 42.4 Å². The molecule has 0 N–H and O–H groups in total. The Hall–Kier alpha value is -1.58. The number of aromatic nitrogens is 1. The van der Waals surface area contributed by atoms with Gasteiger partial charge in [0.05, 0.1) is 6.54 Å². The van der Waals surface area contributed by atoms with Crippen LogP contribution in [0.2, 0.25) is 0 Å². The lowest BCUT2D eigenvalue weighted by molar-refractivity contribution is -0.133. The van der Waals surface area contributed by atoms with E-state index < -0.39 is 0 Å². The zero-order chi connectivity index (χ0) is 12.3. The van der Waals surface area contributed by atoms with E-state index in [-0.39, 0.29) is 17.9 Å². The lowest BCUT2D eigenvalue weighted by atomic mass is 10.2. The van der Waals surface area contributed by atoms with Crippen molar-refractivity contribution in [2.75, 3.05) is 13.1 Å². The smallest absolute Gasteiger partial charge is 0.225 e. The first-order chi connectivity index (χ1) is 8.16. The van der Waals surface area contributed by atoms with Crippen LogP contribution in [0.15, 0.2) is 24.4 Å². The molecular formula is C13H18N2O2. The zero-order valence-electron chi connectivity index (χ0n) is 10.3.